The van der Waals surface area contributed by atoms with Crippen LogP contribution in [0.5, 0.6) is 0 Å². The molecule has 7 heteroatoms. The molecule has 3 heterocycles. The number of aryl methyl sites for hydroxylation is 1. The normalized spacial score (nSPS) is 14.8. The molecule has 2 aromatic heterocycles. The van der Waals surface area contributed by atoms with E-state index >= 15 is 0 Å². The van der Waals surface area contributed by atoms with Gasteiger partial charge in [0.05, 0.1) is 11.6 Å². The van der Waals surface area contributed by atoms with E-state index in [9.17, 15) is 0 Å². The van der Waals surface area contributed by atoms with Crippen molar-refractivity contribution in [3.05, 3.63) is 36.0 Å². The summed E-state index contributed by atoms with van der Waals surface area (Å²) in [6.45, 7) is 3.05. The lowest BCUT2D eigenvalue weighted by molar-refractivity contribution is 0.578. The van der Waals surface area contributed by atoms with Gasteiger partial charge in [0.25, 0.3) is 0 Å². The average Bonchev–Trinajstić information content (AvgIpc) is 3.05. The van der Waals surface area contributed by atoms with Gasteiger partial charge in [-0.05, 0) is 37.0 Å². The first-order chi connectivity index (χ1) is 12.6. The molecule has 26 heavy (non-hydrogen) atoms. The number of nitrogen functional groups attached to an aromatic ring is 1. The van der Waals surface area contributed by atoms with E-state index in [1.54, 1.807) is 10.9 Å². The Bertz CT molecular complexity index is 894. The second kappa shape index (κ2) is 6.82. The fourth-order valence-electron chi connectivity index (χ4n) is 3.51. The van der Waals surface area contributed by atoms with Crippen molar-refractivity contribution in [2.75, 3.05) is 35.7 Å². The lowest BCUT2D eigenvalue weighted by Crippen LogP contribution is -2.29. The van der Waals surface area contributed by atoms with E-state index in [0.29, 0.717) is 11.8 Å². The molecular weight excluding hydrogens is 326 g/mol. The van der Waals surface area contributed by atoms with E-state index in [4.69, 9.17) is 5.73 Å². The zero-order chi connectivity index (χ0) is 18.1. The molecule has 4 rings (SSSR count). The Morgan fingerprint density at radius 1 is 1.08 bits per heavy atom. The number of aromatic nitrogens is 4. The fourth-order valence-corrected chi connectivity index (χ4v) is 3.51. The largest absolute Gasteiger partial charge is 0.383 e. The molecule has 0 aliphatic carbocycles. The summed E-state index contributed by atoms with van der Waals surface area (Å²) in [6, 6.07) is 8.81. The van der Waals surface area contributed by atoms with Crippen molar-refractivity contribution < 1.29 is 0 Å². The first kappa shape index (κ1) is 16.6. The number of piperidine rings is 1. The second-order valence-corrected chi connectivity index (χ2v) is 6.98. The molecule has 0 radical (unpaired) electrons. The maximum absolute atomic E-state index is 6.07. The molecule has 136 valence electrons. The van der Waals surface area contributed by atoms with Crippen molar-refractivity contribution in [1.82, 2.24) is 19.7 Å². The van der Waals surface area contributed by atoms with Crippen molar-refractivity contribution in [2.24, 2.45) is 7.05 Å². The van der Waals surface area contributed by atoms with Gasteiger partial charge in [0.15, 0.2) is 5.65 Å². The van der Waals surface area contributed by atoms with Crippen molar-refractivity contribution >= 4 is 28.5 Å². The van der Waals surface area contributed by atoms with Gasteiger partial charge in [-0.2, -0.15) is 15.1 Å². The Morgan fingerprint density at radius 3 is 2.54 bits per heavy atom. The Morgan fingerprint density at radius 2 is 1.81 bits per heavy atom. The summed E-state index contributed by atoms with van der Waals surface area (Å²) >= 11 is 0. The van der Waals surface area contributed by atoms with Crippen LogP contribution in [0.4, 0.5) is 17.5 Å². The monoisotopic (exact) mass is 351 g/mol. The molecule has 1 aromatic carbocycles. The summed E-state index contributed by atoms with van der Waals surface area (Å²) in [5.74, 6) is 1.07. The van der Waals surface area contributed by atoms with Crippen molar-refractivity contribution in [3.63, 3.8) is 0 Å². The van der Waals surface area contributed by atoms with Gasteiger partial charge < -0.3 is 15.5 Å². The highest BCUT2D eigenvalue weighted by Gasteiger charge is 2.14. The third-order valence-corrected chi connectivity index (χ3v) is 5.03. The second-order valence-electron chi connectivity index (χ2n) is 6.98. The maximum Gasteiger partial charge on any atom is 0.229 e. The number of nitrogens with zero attached hydrogens (tertiary/aromatic N) is 6. The molecule has 0 atom stereocenters. The van der Waals surface area contributed by atoms with E-state index in [0.717, 1.165) is 30.7 Å². The number of benzene rings is 1. The third kappa shape index (κ3) is 3.16. The van der Waals surface area contributed by atoms with Gasteiger partial charge in [0, 0.05) is 39.4 Å². The van der Waals surface area contributed by atoms with Crippen LogP contribution in [0, 0.1) is 0 Å². The summed E-state index contributed by atoms with van der Waals surface area (Å²) in [7, 11) is 3.84. The summed E-state index contributed by atoms with van der Waals surface area (Å²) in [5.41, 5.74) is 9.35. The molecule has 0 unspecified atom stereocenters. The van der Waals surface area contributed by atoms with Crippen LogP contribution in [0.1, 0.15) is 24.8 Å². The maximum atomic E-state index is 6.07. The van der Waals surface area contributed by atoms with Crippen LogP contribution in [0.25, 0.3) is 11.0 Å². The smallest absolute Gasteiger partial charge is 0.229 e. The predicted octanol–water partition coefficient (Wildman–Crippen LogP) is 2.57. The first-order valence-electron chi connectivity index (χ1n) is 9.12. The Balaban J connectivity index is 1.50. The van der Waals surface area contributed by atoms with Crippen LogP contribution in [0.2, 0.25) is 0 Å². The van der Waals surface area contributed by atoms with E-state index in [-0.39, 0.29) is 0 Å². The molecule has 0 saturated carbocycles. The van der Waals surface area contributed by atoms with E-state index in [2.05, 4.69) is 44.2 Å². The van der Waals surface area contributed by atoms with Crippen LogP contribution in [0.15, 0.2) is 30.5 Å². The Hall–Kier alpha value is -2.83. The average molecular weight is 351 g/mol. The van der Waals surface area contributed by atoms with Gasteiger partial charge in [-0.25, -0.2) is 0 Å². The topological polar surface area (TPSA) is 76.1 Å². The summed E-state index contributed by atoms with van der Waals surface area (Å²) in [6.07, 6.45) is 5.64. The molecule has 2 N–H and O–H groups in total. The van der Waals surface area contributed by atoms with Gasteiger partial charge in [-0.15, -0.1) is 0 Å². The van der Waals surface area contributed by atoms with Crippen LogP contribution >= 0.6 is 0 Å². The Kier molecular flexibility index (Phi) is 4.36. The van der Waals surface area contributed by atoms with Gasteiger partial charge in [0.2, 0.25) is 5.95 Å². The number of rotatable bonds is 4. The van der Waals surface area contributed by atoms with Gasteiger partial charge in [0.1, 0.15) is 5.82 Å². The molecular formula is C19H25N7. The van der Waals surface area contributed by atoms with Gasteiger partial charge in [-0.1, -0.05) is 12.1 Å². The molecule has 0 bridgehead atoms. The zero-order valence-electron chi connectivity index (χ0n) is 15.4. The number of fused-ring (bicyclic) bond motifs is 1. The molecule has 0 amide bonds. The lowest BCUT2D eigenvalue weighted by atomic mass is 10.1. The Labute approximate surface area is 153 Å². The van der Waals surface area contributed by atoms with Crippen molar-refractivity contribution in [1.29, 1.82) is 0 Å². The van der Waals surface area contributed by atoms with Crippen LogP contribution in [-0.2, 0) is 13.6 Å². The van der Waals surface area contributed by atoms with Gasteiger partial charge in [-0.3, -0.25) is 4.68 Å². The minimum atomic E-state index is 0.463. The van der Waals surface area contributed by atoms with Gasteiger partial charge >= 0.3 is 0 Å². The molecule has 1 fully saturated rings. The highest BCUT2D eigenvalue weighted by Crippen LogP contribution is 2.23. The predicted molar refractivity (Wildman–Crippen MR) is 105 cm³/mol. The molecule has 7 nitrogen and oxygen atoms in total. The summed E-state index contributed by atoms with van der Waals surface area (Å²) in [5, 5.41) is 4.99. The van der Waals surface area contributed by atoms with E-state index in [1.807, 2.05) is 19.0 Å². The zero-order valence-corrected chi connectivity index (χ0v) is 15.4. The minimum absolute atomic E-state index is 0.463. The number of anilines is 3. The van der Waals surface area contributed by atoms with Crippen LogP contribution in [0.3, 0.4) is 0 Å². The third-order valence-electron chi connectivity index (χ3n) is 5.03. The SMILES string of the molecule is CN(Cc1ccc(N2CCCCC2)cc1)c1nc(N)c2cnn(C)c2n1. The van der Waals surface area contributed by atoms with E-state index in [1.165, 1.54) is 30.5 Å². The minimum Gasteiger partial charge on any atom is -0.383 e. The molecule has 3 aromatic rings. The molecule has 0 spiro atoms. The number of hydrogen-bond donors (Lipinski definition) is 1. The highest BCUT2D eigenvalue weighted by atomic mass is 15.3. The molecule has 1 saturated heterocycles. The van der Waals surface area contributed by atoms with Crippen molar-refractivity contribution in [3.8, 4) is 0 Å². The highest BCUT2D eigenvalue weighted by molar-refractivity contribution is 5.86. The quantitative estimate of drug-likeness (QED) is 0.778. The standard InChI is InChI=1S/C19H25N7/c1-24(19-22-17(20)16-12-21-25(2)18(16)23-19)13-14-6-8-15(9-7-14)26-10-4-3-5-11-26/h6-9,12H,3-5,10-11,13H2,1-2H3,(H2,20,22,23). The summed E-state index contributed by atoms with van der Waals surface area (Å²) in [4.78, 5) is 13.5. The fraction of sp³-hybridized carbons (Fsp3) is 0.421. The summed E-state index contributed by atoms with van der Waals surface area (Å²) < 4.78 is 1.72. The molecule has 1 aliphatic heterocycles. The van der Waals surface area contributed by atoms with E-state index < -0.39 is 0 Å². The lowest BCUT2D eigenvalue weighted by Gasteiger charge is -2.29. The van der Waals surface area contributed by atoms with Crippen LogP contribution in [-0.4, -0.2) is 39.9 Å². The number of hydrogen-bond acceptors (Lipinski definition) is 6. The first-order valence-corrected chi connectivity index (χ1v) is 9.12. The molecule has 1 aliphatic rings. The van der Waals surface area contributed by atoms with Crippen LogP contribution < -0.4 is 15.5 Å². The number of nitrogens with two attached hydrogens (primary N) is 1. The van der Waals surface area contributed by atoms with Crippen molar-refractivity contribution in [2.45, 2.75) is 25.8 Å².